The Morgan fingerprint density at radius 1 is 1.47 bits per heavy atom. The van der Waals surface area contributed by atoms with Crippen molar-refractivity contribution in [2.45, 2.75) is 19.8 Å². The number of anilines is 1. The number of carbonyl (C=O) groups excluding carboxylic acids is 2. The molecule has 92 valence electrons. The van der Waals surface area contributed by atoms with Crippen LogP contribution in [0.15, 0.2) is 12.4 Å². The maximum atomic E-state index is 11.2. The fourth-order valence-electron chi connectivity index (χ4n) is 1.02. The standard InChI is InChI=1S/C11H15N3O3/c1-2-3-4-17-10(16)7-14-11-12-5-9(8-15)6-13-11/h5-6,8H,2-4,7H2,1H3,(H,12,13,14). The number of ether oxygens (including phenoxy) is 1. The second kappa shape index (κ2) is 7.32. The molecule has 0 aliphatic carbocycles. The zero-order valence-electron chi connectivity index (χ0n) is 9.68. The Balaban J connectivity index is 2.29. The highest BCUT2D eigenvalue weighted by molar-refractivity contribution is 5.75. The van der Waals surface area contributed by atoms with Gasteiger partial charge in [0.15, 0.2) is 6.29 Å². The zero-order valence-corrected chi connectivity index (χ0v) is 9.68. The third kappa shape index (κ3) is 5.05. The van der Waals surface area contributed by atoms with E-state index >= 15 is 0 Å². The van der Waals surface area contributed by atoms with Crippen LogP contribution in [0.1, 0.15) is 30.1 Å². The zero-order chi connectivity index (χ0) is 12.5. The molecule has 0 saturated heterocycles. The molecule has 0 saturated carbocycles. The molecule has 1 aromatic heterocycles. The van der Waals surface area contributed by atoms with Gasteiger partial charge in [-0.15, -0.1) is 0 Å². The van der Waals surface area contributed by atoms with Gasteiger partial charge >= 0.3 is 5.97 Å². The second-order valence-electron chi connectivity index (χ2n) is 3.39. The summed E-state index contributed by atoms with van der Waals surface area (Å²) < 4.78 is 4.94. The fourth-order valence-corrected chi connectivity index (χ4v) is 1.02. The summed E-state index contributed by atoms with van der Waals surface area (Å²) in [4.78, 5) is 29.3. The number of aldehydes is 1. The van der Waals surface area contributed by atoms with E-state index in [1.165, 1.54) is 12.4 Å². The molecule has 1 aromatic rings. The number of unbranched alkanes of at least 4 members (excludes halogenated alkanes) is 1. The Kier molecular flexibility index (Phi) is 5.63. The van der Waals surface area contributed by atoms with Gasteiger partial charge in [0.1, 0.15) is 6.54 Å². The van der Waals surface area contributed by atoms with Gasteiger partial charge in [0.25, 0.3) is 0 Å². The van der Waals surface area contributed by atoms with E-state index in [0.717, 1.165) is 12.8 Å². The van der Waals surface area contributed by atoms with Crippen molar-refractivity contribution in [3.05, 3.63) is 18.0 Å². The molecule has 6 heteroatoms. The van der Waals surface area contributed by atoms with Crippen LogP contribution in [0.3, 0.4) is 0 Å². The van der Waals surface area contributed by atoms with Gasteiger partial charge in [-0.25, -0.2) is 9.97 Å². The number of hydrogen-bond acceptors (Lipinski definition) is 6. The third-order valence-electron chi connectivity index (χ3n) is 1.96. The molecule has 0 aliphatic heterocycles. The molecule has 0 spiro atoms. The summed E-state index contributed by atoms with van der Waals surface area (Å²) in [5.41, 5.74) is 0.390. The summed E-state index contributed by atoms with van der Waals surface area (Å²) in [6.45, 7) is 2.47. The van der Waals surface area contributed by atoms with Crippen molar-refractivity contribution in [1.82, 2.24) is 9.97 Å². The lowest BCUT2D eigenvalue weighted by atomic mass is 10.4. The average Bonchev–Trinajstić information content (AvgIpc) is 2.37. The van der Waals surface area contributed by atoms with E-state index in [4.69, 9.17) is 4.74 Å². The summed E-state index contributed by atoms with van der Waals surface area (Å²) in [6.07, 6.45) is 5.26. The van der Waals surface area contributed by atoms with E-state index in [1.807, 2.05) is 6.92 Å². The Bertz CT molecular complexity index is 365. The van der Waals surface area contributed by atoms with Gasteiger partial charge in [0.05, 0.1) is 12.2 Å². The molecule has 0 aliphatic rings. The largest absolute Gasteiger partial charge is 0.464 e. The Hall–Kier alpha value is -1.98. The van der Waals surface area contributed by atoms with Crippen LogP contribution in [0.25, 0.3) is 0 Å². The van der Waals surface area contributed by atoms with Crippen LogP contribution < -0.4 is 5.32 Å². The van der Waals surface area contributed by atoms with E-state index in [-0.39, 0.29) is 12.5 Å². The number of carbonyl (C=O) groups is 2. The van der Waals surface area contributed by atoms with Crippen molar-refractivity contribution >= 4 is 18.2 Å². The van der Waals surface area contributed by atoms with Crippen molar-refractivity contribution in [2.75, 3.05) is 18.5 Å². The molecular weight excluding hydrogens is 222 g/mol. The maximum absolute atomic E-state index is 11.2. The fraction of sp³-hybridized carbons (Fsp3) is 0.455. The topological polar surface area (TPSA) is 81.2 Å². The molecule has 0 bridgehead atoms. The van der Waals surface area contributed by atoms with Gasteiger partial charge in [0.2, 0.25) is 5.95 Å². The molecule has 0 amide bonds. The second-order valence-corrected chi connectivity index (χ2v) is 3.39. The van der Waals surface area contributed by atoms with Crippen molar-refractivity contribution in [3.63, 3.8) is 0 Å². The van der Waals surface area contributed by atoms with Crippen LogP contribution >= 0.6 is 0 Å². The highest BCUT2D eigenvalue weighted by Gasteiger charge is 2.03. The third-order valence-corrected chi connectivity index (χ3v) is 1.96. The first-order valence-corrected chi connectivity index (χ1v) is 5.43. The molecule has 6 nitrogen and oxygen atoms in total. The molecule has 0 aromatic carbocycles. The lowest BCUT2D eigenvalue weighted by Crippen LogP contribution is -2.18. The van der Waals surface area contributed by atoms with Crippen LogP contribution in [0, 0.1) is 0 Å². The van der Waals surface area contributed by atoms with E-state index in [9.17, 15) is 9.59 Å². The van der Waals surface area contributed by atoms with Gasteiger partial charge in [-0.3, -0.25) is 9.59 Å². The number of nitrogens with one attached hydrogen (secondary N) is 1. The number of hydrogen-bond donors (Lipinski definition) is 1. The molecule has 0 atom stereocenters. The summed E-state index contributed by atoms with van der Waals surface area (Å²) in [6, 6.07) is 0. The van der Waals surface area contributed by atoms with Gasteiger partial charge < -0.3 is 10.1 Å². The van der Waals surface area contributed by atoms with Crippen molar-refractivity contribution in [2.24, 2.45) is 0 Å². The minimum Gasteiger partial charge on any atom is -0.464 e. The number of esters is 1. The van der Waals surface area contributed by atoms with E-state index in [2.05, 4.69) is 15.3 Å². The van der Waals surface area contributed by atoms with Gasteiger partial charge in [0, 0.05) is 12.4 Å². The molecule has 17 heavy (non-hydrogen) atoms. The molecule has 0 radical (unpaired) electrons. The van der Waals surface area contributed by atoms with Crippen LogP contribution in [-0.2, 0) is 9.53 Å². The quantitative estimate of drug-likeness (QED) is 0.433. The van der Waals surface area contributed by atoms with Crippen LogP contribution in [0.2, 0.25) is 0 Å². The normalized spacial score (nSPS) is 9.71. The number of rotatable bonds is 7. The van der Waals surface area contributed by atoms with Gasteiger partial charge in [-0.2, -0.15) is 0 Å². The number of aromatic nitrogens is 2. The first-order valence-electron chi connectivity index (χ1n) is 5.43. The molecule has 1 N–H and O–H groups in total. The minimum absolute atomic E-state index is 0.0180. The SMILES string of the molecule is CCCCOC(=O)CNc1ncc(C=O)cn1. The maximum Gasteiger partial charge on any atom is 0.325 e. The summed E-state index contributed by atoms with van der Waals surface area (Å²) in [5.74, 6) is -0.0513. The van der Waals surface area contributed by atoms with E-state index in [0.29, 0.717) is 24.4 Å². The first kappa shape index (κ1) is 13.1. The van der Waals surface area contributed by atoms with Gasteiger partial charge in [-0.1, -0.05) is 13.3 Å². The van der Waals surface area contributed by atoms with Crippen LogP contribution in [0.4, 0.5) is 5.95 Å². The van der Waals surface area contributed by atoms with Crippen molar-refractivity contribution in [1.29, 1.82) is 0 Å². The monoisotopic (exact) mass is 237 g/mol. The highest BCUT2D eigenvalue weighted by Crippen LogP contribution is 1.97. The molecule has 1 heterocycles. The minimum atomic E-state index is -0.346. The first-order chi connectivity index (χ1) is 8.26. The summed E-state index contributed by atoms with van der Waals surface area (Å²) in [7, 11) is 0. The summed E-state index contributed by atoms with van der Waals surface area (Å²) >= 11 is 0. The smallest absolute Gasteiger partial charge is 0.325 e. The predicted molar refractivity (Wildman–Crippen MR) is 61.8 cm³/mol. The molecule has 0 fully saturated rings. The predicted octanol–water partition coefficient (Wildman–Crippen LogP) is 1.04. The highest BCUT2D eigenvalue weighted by atomic mass is 16.5. The van der Waals surface area contributed by atoms with Crippen LogP contribution in [-0.4, -0.2) is 35.4 Å². The van der Waals surface area contributed by atoms with E-state index in [1.54, 1.807) is 0 Å². The Morgan fingerprint density at radius 2 is 2.18 bits per heavy atom. The van der Waals surface area contributed by atoms with Crippen molar-refractivity contribution < 1.29 is 14.3 Å². The molecular formula is C11H15N3O3. The van der Waals surface area contributed by atoms with E-state index < -0.39 is 0 Å². The Morgan fingerprint density at radius 3 is 2.76 bits per heavy atom. The van der Waals surface area contributed by atoms with Gasteiger partial charge in [-0.05, 0) is 6.42 Å². The van der Waals surface area contributed by atoms with Crippen molar-refractivity contribution in [3.8, 4) is 0 Å². The lowest BCUT2D eigenvalue weighted by Gasteiger charge is -2.05. The van der Waals surface area contributed by atoms with Crippen LogP contribution in [0.5, 0.6) is 0 Å². The Labute approximate surface area is 99.4 Å². The summed E-state index contributed by atoms with van der Waals surface area (Å²) in [5, 5.41) is 2.71. The number of nitrogens with zero attached hydrogens (tertiary/aromatic N) is 2. The lowest BCUT2D eigenvalue weighted by molar-refractivity contribution is -0.141. The average molecular weight is 237 g/mol. The molecule has 0 unspecified atom stereocenters. The molecule has 1 rings (SSSR count).